The Kier molecular flexibility index (Phi) is 6.92. The van der Waals surface area contributed by atoms with Gasteiger partial charge in [-0.15, -0.1) is 0 Å². The van der Waals surface area contributed by atoms with Crippen LogP contribution < -0.4 is 11.1 Å². The second-order valence-electron chi connectivity index (χ2n) is 6.70. The van der Waals surface area contributed by atoms with Crippen molar-refractivity contribution in [1.82, 2.24) is 15.0 Å². The summed E-state index contributed by atoms with van der Waals surface area (Å²) in [6, 6.07) is 4.44. The van der Waals surface area contributed by atoms with Crippen molar-refractivity contribution in [2.75, 3.05) is 17.7 Å². The Hall–Kier alpha value is -1.68. The normalized spacial score (nSPS) is 12.6. The lowest BCUT2D eigenvalue weighted by molar-refractivity contribution is 0.259. The van der Waals surface area contributed by atoms with Crippen LogP contribution in [0.5, 0.6) is 0 Å². The number of aliphatic hydroxyl groups is 1. The number of halogens is 2. The van der Waals surface area contributed by atoms with Crippen molar-refractivity contribution in [1.29, 1.82) is 0 Å². The zero-order valence-corrected chi connectivity index (χ0v) is 17.8. The smallest absolute Gasteiger partial charge is 0.191 e. The van der Waals surface area contributed by atoms with Gasteiger partial charge in [-0.05, 0) is 24.5 Å². The van der Waals surface area contributed by atoms with E-state index in [1.165, 1.54) is 29.2 Å². The summed E-state index contributed by atoms with van der Waals surface area (Å²) in [4.78, 5) is 13.2. The molecule has 0 saturated carbocycles. The summed E-state index contributed by atoms with van der Waals surface area (Å²) in [5, 5.41) is 14.1. The van der Waals surface area contributed by atoms with Crippen molar-refractivity contribution in [2.45, 2.75) is 37.2 Å². The number of nitrogen functional groups attached to an aromatic ring is 1. The zero-order chi connectivity index (χ0) is 20.3. The van der Waals surface area contributed by atoms with Gasteiger partial charge in [0, 0.05) is 16.3 Å². The number of nitrogens with one attached hydrogen (secondary N) is 1. The lowest BCUT2D eigenvalue weighted by Crippen LogP contribution is -2.26. The first-order valence-electron chi connectivity index (χ1n) is 8.74. The molecule has 2 aromatic heterocycles. The minimum Gasteiger partial charge on any atom is -0.394 e. The molecule has 4 N–H and O–H groups in total. The van der Waals surface area contributed by atoms with Crippen LogP contribution in [0.3, 0.4) is 0 Å². The van der Waals surface area contributed by atoms with Crippen LogP contribution in [0, 0.1) is 11.7 Å². The van der Waals surface area contributed by atoms with E-state index in [0.29, 0.717) is 38.3 Å². The van der Waals surface area contributed by atoms with Crippen LogP contribution in [0.25, 0.3) is 10.3 Å². The minimum absolute atomic E-state index is 0.0225. The highest BCUT2D eigenvalue weighted by molar-refractivity contribution is 7.98. The summed E-state index contributed by atoms with van der Waals surface area (Å²) in [6.07, 6.45) is 0.781. The summed E-state index contributed by atoms with van der Waals surface area (Å²) < 4.78 is 14.8. The van der Waals surface area contributed by atoms with Gasteiger partial charge in [0.2, 0.25) is 0 Å². The first-order chi connectivity index (χ1) is 13.4. The van der Waals surface area contributed by atoms with E-state index in [-0.39, 0.29) is 24.2 Å². The van der Waals surface area contributed by atoms with Crippen LogP contribution in [0.4, 0.5) is 15.3 Å². The number of aromatic nitrogens is 3. The van der Waals surface area contributed by atoms with E-state index in [0.717, 1.165) is 11.1 Å². The molecular formula is C18H21ClFN5OS2. The molecule has 150 valence electrons. The molecule has 0 aliphatic carbocycles. The fourth-order valence-electron chi connectivity index (χ4n) is 2.73. The highest BCUT2D eigenvalue weighted by atomic mass is 35.5. The van der Waals surface area contributed by atoms with E-state index in [1.54, 1.807) is 12.1 Å². The fraction of sp³-hybridized carbons (Fsp3) is 0.389. The highest BCUT2D eigenvalue weighted by Crippen LogP contribution is 2.33. The molecule has 0 bridgehead atoms. The number of nitrogens with two attached hydrogens (primary N) is 1. The van der Waals surface area contributed by atoms with Gasteiger partial charge >= 0.3 is 0 Å². The number of benzene rings is 1. The molecule has 10 heteroatoms. The molecule has 28 heavy (non-hydrogen) atoms. The number of rotatable bonds is 8. The molecule has 0 unspecified atom stereocenters. The largest absolute Gasteiger partial charge is 0.394 e. The number of anilines is 2. The lowest BCUT2D eigenvalue weighted by Gasteiger charge is -2.19. The van der Waals surface area contributed by atoms with Crippen LogP contribution in [0.2, 0.25) is 5.02 Å². The second-order valence-corrected chi connectivity index (χ2v) is 9.08. The Bertz CT molecular complexity index is 948. The van der Waals surface area contributed by atoms with Crippen LogP contribution in [-0.4, -0.2) is 32.7 Å². The SMILES string of the molecule is CC(C)C[C@H](CO)Nc1nc(SCc2c(F)cccc2Cl)nc2nc(N)sc12. The molecule has 3 rings (SSSR count). The van der Waals surface area contributed by atoms with E-state index < -0.39 is 0 Å². The highest BCUT2D eigenvalue weighted by Gasteiger charge is 2.18. The van der Waals surface area contributed by atoms with Crippen LogP contribution in [0.15, 0.2) is 23.4 Å². The third-order valence-corrected chi connectivity index (χ3v) is 6.08. The van der Waals surface area contributed by atoms with Crippen LogP contribution in [0.1, 0.15) is 25.8 Å². The van der Waals surface area contributed by atoms with Gasteiger partial charge in [0.15, 0.2) is 21.8 Å². The Morgan fingerprint density at radius 2 is 2.11 bits per heavy atom. The average molecular weight is 442 g/mol. The molecule has 1 atom stereocenters. The van der Waals surface area contributed by atoms with Crippen LogP contribution in [-0.2, 0) is 5.75 Å². The van der Waals surface area contributed by atoms with Gasteiger partial charge in [-0.2, -0.15) is 0 Å². The topological polar surface area (TPSA) is 97.0 Å². The number of nitrogens with zero attached hydrogens (tertiary/aromatic N) is 3. The first-order valence-corrected chi connectivity index (χ1v) is 10.9. The standard InChI is InChI=1S/C18H21ClFN5OS2/c1-9(2)6-10(7-26)22-15-14-16(23-17(21)28-14)25-18(24-15)27-8-11-12(19)4-3-5-13(11)20/h3-5,9-10,26H,6-8H2,1-2H3,(H3,21,22,23,24,25)/t10-/m1/s1. The van der Waals surface area contributed by atoms with Crippen molar-refractivity contribution >= 4 is 56.0 Å². The molecule has 0 radical (unpaired) electrons. The molecule has 0 aliphatic heterocycles. The second kappa shape index (κ2) is 9.21. The third kappa shape index (κ3) is 5.02. The maximum atomic E-state index is 14.0. The molecule has 3 aromatic rings. The van der Waals surface area contributed by atoms with Gasteiger partial charge in [0.25, 0.3) is 0 Å². The molecule has 0 amide bonds. The van der Waals surface area contributed by atoms with E-state index in [4.69, 9.17) is 17.3 Å². The van der Waals surface area contributed by atoms with E-state index >= 15 is 0 Å². The Labute approximate surface area is 175 Å². The Balaban J connectivity index is 1.89. The zero-order valence-electron chi connectivity index (χ0n) is 15.4. The number of fused-ring (bicyclic) bond motifs is 1. The summed E-state index contributed by atoms with van der Waals surface area (Å²) in [6.45, 7) is 4.15. The summed E-state index contributed by atoms with van der Waals surface area (Å²) in [7, 11) is 0. The monoisotopic (exact) mass is 441 g/mol. The molecule has 2 heterocycles. The maximum absolute atomic E-state index is 14.0. The Morgan fingerprint density at radius 3 is 2.79 bits per heavy atom. The molecule has 6 nitrogen and oxygen atoms in total. The van der Waals surface area contributed by atoms with Gasteiger partial charge < -0.3 is 16.2 Å². The fourth-order valence-corrected chi connectivity index (χ4v) is 4.64. The molecule has 0 spiro atoms. The van der Waals surface area contributed by atoms with Gasteiger partial charge in [0.05, 0.1) is 12.6 Å². The van der Waals surface area contributed by atoms with E-state index in [1.807, 2.05) is 0 Å². The Morgan fingerprint density at radius 1 is 1.32 bits per heavy atom. The van der Waals surface area contributed by atoms with Gasteiger partial charge in [0.1, 0.15) is 10.5 Å². The number of hydrogen-bond donors (Lipinski definition) is 3. The minimum atomic E-state index is -0.366. The molecular weight excluding hydrogens is 421 g/mol. The van der Waals surface area contributed by atoms with Gasteiger partial charge in [-0.1, -0.05) is 54.6 Å². The van der Waals surface area contributed by atoms with Crippen LogP contribution >= 0.6 is 34.7 Å². The predicted octanol–water partition coefficient (Wildman–Crippen LogP) is 4.57. The van der Waals surface area contributed by atoms with Gasteiger partial charge in [-0.25, -0.2) is 19.3 Å². The maximum Gasteiger partial charge on any atom is 0.191 e. The summed E-state index contributed by atoms with van der Waals surface area (Å²) in [5.74, 6) is 0.895. The molecule has 0 fully saturated rings. The number of aliphatic hydroxyl groups excluding tert-OH is 1. The average Bonchev–Trinajstić information content (AvgIpc) is 3.00. The van der Waals surface area contributed by atoms with E-state index in [2.05, 4.69) is 34.1 Å². The predicted molar refractivity (Wildman–Crippen MR) is 115 cm³/mol. The first kappa shape index (κ1) is 21.0. The summed E-state index contributed by atoms with van der Waals surface area (Å²) >= 11 is 8.65. The number of hydrogen-bond acceptors (Lipinski definition) is 8. The van der Waals surface area contributed by atoms with Crippen molar-refractivity contribution in [3.05, 3.63) is 34.6 Å². The van der Waals surface area contributed by atoms with Crippen molar-refractivity contribution in [2.24, 2.45) is 5.92 Å². The van der Waals surface area contributed by atoms with Gasteiger partial charge in [-0.3, -0.25) is 0 Å². The number of thiazole rings is 1. The third-order valence-electron chi connectivity index (χ3n) is 3.97. The van der Waals surface area contributed by atoms with Crippen molar-refractivity contribution < 1.29 is 9.50 Å². The van der Waals surface area contributed by atoms with Crippen molar-refractivity contribution in [3.8, 4) is 0 Å². The molecule has 1 aromatic carbocycles. The summed E-state index contributed by atoms with van der Waals surface area (Å²) in [5.41, 5.74) is 6.72. The molecule has 0 saturated heterocycles. The van der Waals surface area contributed by atoms with E-state index in [9.17, 15) is 9.50 Å². The lowest BCUT2D eigenvalue weighted by atomic mass is 10.0. The van der Waals surface area contributed by atoms with Crippen molar-refractivity contribution in [3.63, 3.8) is 0 Å². The number of thioether (sulfide) groups is 1. The molecule has 0 aliphatic rings. The quantitative estimate of drug-likeness (QED) is 0.348.